The molecule has 4 heterocycles. The predicted molar refractivity (Wildman–Crippen MR) is 107 cm³/mol. The van der Waals surface area contributed by atoms with Crippen molar-refractivity contribution < 1.29 is 14.3 Å². The van der Waals surface area contributed by atoms with Gasteiger partial charge in [0.15, 0.2) is 0 Å². The minimum Gasteiger partial charge on any atom is -0.378 e. The number of nitrogens with zero attached hydrogens (tertiary/aromatic N) is 5. The monoisotopic (exact) mass is 401 g/mol. The van der Waals surface area contributed by atoms with Crippen molar-refractivity contribution in [3.05, 3.63) is 23.3 Å². The summed E-state index contributed by atoms with van der Waals surface area (Å²) in [7, 11) is 0. The number of amides is 2. The smallest absolute Gasteiger partial charge is 0.257 e. The number of morpholine rings is 1. The van der Waals surface area contributed by atoms with E-state index in [2.05, 4.69) is 9.88 Å². The molecule has 3 fully saturated rings. The zero-order valence-electron chi connectivity index (χ0n) is 17.3. The molecule has 1 atom stereocenters. The first-order valence-electron chi connectivity index (χ1n) is 10.9. The van der Waals surface area contributed by atoms with Crippen LogP contribution in [0.4, 0.5) is 0 Å². The Morgan fingerprint density at radius 3 is 2.48 bits per heavy atom. The van der Waals surface area contributed by atoms with Crippen molar-refractivity contribution in [1.29, 1.82) is 0 Å². The van der Waals surface area contributed by atoms with E-state index in [-0.39, 0.29) is 17.9 Å². The molecule has 29 heavy (non-hydrogen) atoms. The minimum absolute atomic E-state index is 0.0259. The Labute approximate surface area is 172 Å². The van der Waals surface area contributed by atoms with E-state index in [1.165, 1.54) is 0 Å². The van der Waals surface area contributed by atoms with Gasteiger partial charge in [-0.2, -0.15) is 0 Å². The second kappa shape index (κ2) is 9.17. The Kier molecular flexibility index (Phi) is 6.40. The fourth-order valence-corrected chi connectivity index (χ4v) is 4.51. The van der Waals surface area contributed by atoms with Crippen LogP contribution in [0.3, 0.4) is 0 Å². The van der Waals surface area contributed by atoms with Gasteiger partial charge in [0.2, 0.25) is 5.91 Å². The number of carbonyl (C=O) groups is 2. The average molecular weight is 402 g/mol. The van der Waals surface area contributed by atoms with E-state index < -0.39 is 0 Å². The molecular formula is C21H31N5O3. The van der Waals surface area contributed by atoms with E-state index in [1.54, 1.807) is 11.1 Å². The third-order valence-electron chi connectivity index (χ3n) is 6.24. The van der Waals surface area contributed by atoms with Crippen molar-refractivity contribution in [3.8, 4) is 0 Å². The van der Waals surface area contributed by atoms with Gasteiger partial charge in [-0.3, -0.25) is 14.5 Å². The molecule has 3 aliphatic rings. The van der Waals surface area contributed by atoms with Crippen molar-refractivity contribution in [1.82, 2.24) is 24.7 Å². The van der Waals surface area contributed by atoms with Crippen molar-refractivity contribution in [2.75, 3.05) is 52.5 Å². The summed E-state index contributed by atoms with van der Waals surface area (Å²) in [4.78, 5) is 40.7. The summed E-state index contributed by atoms with van der Waals surface area (Å²) in [5.41, 5.74) is 1.27. The summed E-state index contributed by atoms with van der Waals surface area (Å²) in [6, 6.07) is 0.0431. The first-order chi connectivity index (χ1) is 14.1. The Hall–Kier alpha value is -2.06. The van der Waals surface area contributed by atoms with Crippen molar-refractivity contribution in [2.45, 2.75) is 45.1 Å². The lowest BCUT2D eigenvalue weighted by molar-refractivity contribution is -0.132. The molecule has 4 rings (SSSR count). The zero-order valence-corrected chi connectivity index (χ0v) is 17.3. The number of carbonyl (C=O) groups excluding carboxylic acids is 2. The molecule has 0 bridgehead atoms. The third-order valence-corrected chi connectivity index (χ3v) is 6.24. The molecule has 0 spiro atoms. The van der Waals surface area contributed by atoms with Crippen molar-refractivity contribution in [2.24, 2.45) is 0 Å². The van der Waals surface area contributed by atoms with Gasteiger partial charge in [-0.25, -0.2) is 9.97 Å². The molecule has 3 aliphatic heterocycles. The number of hydrogen-bond acceptors (Lipinski definition) is 6. The van der Waals surface area contributed by atoms with Gasteiger partial charge >= 0.3 is 0 Å². The van der Waals surface area contributed by atoms with Crippen LogP contribution in [-0.4, -0.2) is 89.0 Å². The predicted octanol–water partition coefficient (Wildman–Crippen LogP) is 1.41. The first kappa shape index (κ1) is 20.2. The van der Waals surface area contributed by atoms with Crippen LogP contribution in [0.1, 0.15) is 60.0 Å². The molecule has 2 amide bonds. The van der Waals surface area contributed by atoms with E-state index in [0.717, 1.165) is 57.6 Å². The Balaban J connectivity index is 1.47. The molecule has 0 N–H and O–H groups in total. The third kappa shape index (κ3) is 4.59. The molecule has 1 aromatic heterocycles. The largest absolute Gasteiger partial charge is 0.378 e. The van der Waals surface area contributed by atoms with E-state index in [0.29, 0.717) is 44.1 Å². The lowest BCUT2D eigenvalue weighted by Gasteiger charge is -2.35. The van der Waals surface area contributed by atoms with E-state index in [1.807, 2.05) is 11.8 Å². The summed E-state index contributed by atoms with van der Waals surface area (Å²) in [5, 5.41) is 0. The summed E-state index contributed by atoms with van der Waals surface area (Å²) < 4.78 is 5.33. The van der Waals surface area contributed by atoms with Gasteiger partial charge in [0, 0.05) is 32.4 Å². The van der Waals surface area contributed by atoms with Crippen LogP contribution in [0.25, 0.3) is 0 Å². The lowest BCUT2D eigenvalue weighted by Crippen LogP contribution is -2.43. The van der Waals surface area contributed by atoms with Crippen LogP contribution in [0.5, 0.6) is 0 Å². The van der Waals surface area contributed by atoms with Gasteiger partial charge in [-0.1, -0.05) is 6.42 Å². The highest BCUT2D eigenvalue weighted by molar-refractivity contribution is 5.95. The quantitative estimate of drug-likeness (QED) is 0.759. The van der Waals surface area contributed by atoms with Crippen LogP contribution in [0.15, 0.2) is 6.20 Å². The SMILES string of the molecule is Cc1nc(C2CCCCN2CC(=O)N2CCCC2)ncc1C(=O)N1CCOCC1. The maximum atomic E-state index is 12.8. The molecule has 0 aliphatic carbocycles. The maximum Gasteiger partial charge on any atom is 0.257 e. The van der Waals surface area contributed by atoms with Gasteiger partial charge in [-0.15, -0.1) is 0 Å². The first-order valence-corrected chi connectivity index (χ1v) is 10.9. The molecule has 8 heteroatoms. The normalized spacial score (nSPS) is 23.4. The summed E-state index contributed by atoms with van der Waals surface area (Å²) in [6.07, 6.45) is 7.03. The molecule has 0 radical (unpaired) electrons. The van der Waals surface area contributed by atoms with E-state index in [9.17, 15) is 9.59 Å². The van der Waals surface area contributed by atoms with Crippen molar-refractivity contribution in [3.63, 3.8) is 0 Å². The summed E-state index contributed by atoms with van der Waals surface area (Å²) in [5.74, 6) is 0.919. The molecule has 8 nitrogen and oxygen atoms in total. The van der Waals surface area contributed by atoms with E-state index in [4.69, 9.17) is 9.72 Å². The van der Waals surface area contributed by atoms with Crippen LogP contribution >= 0.6 is 0 Å². The number of aromatic nitrogens is 2. The topological polar surface area (TPSA) is 78.9 Å². The van der Waals surface area contributed by atoms with Gasteiger partial charge in [-0.05, 0) is 39.2 Å². The number of hydrogen-bond donors (Lipinski definition) is 0. The molecule has 1 unspecified atom stereocenters. The number of ether oxygens (including phenoxy) is 1. The fraction of sp³-hybridized carbons (Fsp3) is 0.714. The van der Waals surface area contributed by atoms with E-state index >= 15 is 0 Å². The van der Waals surface area contributed by atoms with Crippen LogP contribution in [0.2, 0.25) is 0 Å². The Morgan fingerprint density at radius 2 is 1.76 bits per heavy atom. The number of likely N-dealkylation sites (tertiary alicyclic amines) is 2. The van der Waals surface area contributed by atoms with Gasteiger partial charge in [0.1, 0.15) is 5.82 Å². The molecular weight excluding hydrogens is 370 g/mol. The average Bonchev–Trinajstić information content (AvgIpc) is 3.29. The Bertz CT molecular complexity index is 744. The molecule has 1 aromatic rings. The van der Waals surface area contributed by atoms with Gasteiger partial charge in [0.05, 0.1) is 37.1 Å². The summed E-state index contributed by atoms with van der Waals surface area (Å²) in [6.45, 7) is 7.32. The number of aryl methyl sites for hydroxylation is 1. The highest BCUT2D eigenvalue weighted by Gasteiger charge is 2.31. The fourth-order valence-electron chi connectivity index (χ4n) is 4.51. The molecule has 158 valence electrons. The van der Waals surface area contributed by atoms with Crippen LogP contribution < -0.4 is 0 Å². The molecule has 3 saturated heterocycles. The van der Waals surface area contributed by atoms with Crippen molar-refractivity contribution >= 4 is 11.8 Å². The highest BCUT2D eigenvalue weighted by Crippen LogP contribution is 2.29. The second-order valence-corrected chi connectivity index (χ2v) is 8.20. The standard InChI is InChI=1S/C21H31N5O3/c1-16-17(21(28)25-10-12-29-13-11-25)14-22-20(23-16)18-6-2-3-9-26(18)15-19(27)24-7-4-5-8-24/h14,18H,2-13,15H2,1H3. The zero-order chi connectivity index (χ0) is 20.2. The molecule has 0 saturated carbocycles. The van der Waals surface area contributed by atoms with Gasteiger partial charge in [0.25, 0.3) is 5.91 Å². The molecule has 0 aromatic carbocycles. The van der Waals surface area contributed by atoms with Crippen LogP contribution in [0, 0.1) is 6.92 Å². The second-order valence-electron chi connectivity index (χ2n) is 8.20. The number of piperidine rings is 1. The lowest BCUT2D eigenvalue weighted by atomic mass is 10.0. The number of rotatable bonds is 4. The van der Waals surface area contributed by atoms with Crippen LogP contribution in [-0.2, 0) is 9.53 Å². The Morgan fingerprint density at radius 1 is 1.03 bits per heavy atom. The highest BCUT2D eigenvalue weighted by atomic mass is 16.5. The minimum atomic E-state index is -0.0259. The summed E-state index contributed by atoms with van der Waals surface area (Å²) >= 11 is 0. The maximum absolute atomic E-state index is 12.8. The van der Waals surface area contributed by atoms with Gasteiger partial charge < -0.3 is 14.5 Å².